The molecule has 0 saturated carbocycles. The molecule has 1 amide bonds. The molecule has 114 valence electrons. The number of rotatable bonds is 6. The van der Waals surface area contributed by atoms with Crippen LogP contribution in [0.4, 0.5) is 0 Å². The average Bonchev–Trinajstić information content (AvgIpc) is 2.96. The number of hydrogen-bond donors (Lipinski definition) is 3. The van der Waals surface area contributed by atoms with Gasteiger partial charge in [0.25, 0.3) is 0 Å². The lowest BCUT2D eigenvalue weighted by Gasteiger charge is -2.26. The van der Waals surface area contributed by atoms with Gasteiger partial charge in [-0.15, -0.1) is 0 Å². The maximum atomic E-state index is 12.6. The van der Waals surface area contributed by atoms with Crippen molar-refractivity contribution in [2.75, 3.05) is 19.6 Å². The van der Waals surface area contributed by atoms with E-state index >= 15 is 0 Å². The van der Waals surface area contributed by atoms with Crippen molar-refractivity contribution in [1.82, 2.24) is 15.8 Å². The van der Waals surface area contributed by atoms with E-state index in [9.17, 15) is 9.59 Å². The van der Waals surface area contributed by atoms with Crippen molar-refractivity contribution in [1.29, 1.82) is 0 Å². The van der Waals surface area contributed by atoms with Crippen LogP contribution in [0.1, 0.15) is 24.9 Å². The maximum absolute atomic E-state index is 12.6. The number of aliphatic carboxylic acids is 1. The largest absolute Gasteiger partial charge is 0.480 e. The molecule has 1 aromatic rings. The minimum absolute atomic E-state index is 0.120. The van der Waals surface area contributed by atoms with Crippen molar-refractivity contribution in [3.8, 4) is 0 Å². The molecule has 0 radical (unpaired) electrons. The number of carbonyl (C=O) groups excluding carboxylic acids is 1. The summed E-state index contributed by atoms with van der Waals surface area (Å²) in [5.41, 5.74) is 7.14. The summed E-state index contributed by atoms with van der Waals surface area (Å²) in [6, 6.07) is 9.58. The van der Waals surface area contributed by atoms with Gasteiger partial charge in [0.05, 0.1) is 12.0 Å². The van der Waals surface area contributed by atoms with E-state index in [0.29, 0.717) is 13.1 Å². The molecule has 1 aliphatic rings. The summed E-state index contributed by atoms with van der Waals surface area (Å²) < 4.78 is 0. The Balaban J connectivity index is 2.14. The number of hydrazine groups is 1. The molecule has 1 heterocycles. The van der Waals surface area contributed by atoms with Crippen LogP contribution in [0.3, 0.4) is 0 Å². The highest BCUT2D eigenvalue weighted by Crippen LogP contribution is 2.26. The molecule has 1 aromatic carbocycles. The van der Waals surface area contributed by atoms with Gasteiger partial charge in [-0.2, -0.15) is 0 Å². The first kappa shape index (κ1) is 15.5. The molecule has 0 aliphatic carbocycles. The van der Waals surface area contributed by atoms with Crippen molar-refractivity contribution < 1.29 is 14.7 Å². The molecule has 3 N–H and O–H groups in total. The number of nitrogens with zero attached hydrogens (tertiary/aromatic N) is 1. The fraction of sp³-hybridized carbons (Fsp3) is 0.467. The molecule has 2 rings (SSSR count). The fourth-order valence-electron chi connectivity index (χ4n) is 2.64. The Bertz CT molecular complexity index is 492. The molecular formula is C15H21N3O3. The Morgan fingerprint density at radius 3 is 2.67 bits per heavy atom. The molecule has 1 aliphatic heterocycles. The van der Waals surface area contributed by atoms with Gasteiger partial charge in [0, 0.05) is 13.1 Å². The first-order valence-corrected chi connectivity index (χ1v) is 7.17. The van der Waals surface area contributed by atoms with Gasteiger partial charge in [0.2, 0.25) is 5.91 Å². The molecule has 0 bridgehead atoms. The second-order valence-corrected chi connectivity index (χ2v) is 5.17. The number of benzene rings is 1. The minimum Gasteiger partial charge on any atom is -0.480 e. The zero-order chi connectivity index (χ0) is 15.2. The van der Waals surface area contributed by atoms with Crippen LogP contribution in [-0.4, -0.2) is 41.5 Å². The summed E-state index contributed by atoms with van der Waals surface area (Å²) >= 11 is 0. The van der Waals surface area contributed by atoms with E-state index in [1.807, 2.05) is 37.3 Å². The van der Waals surface area contributed by atoms with E-state index in [4.69, 9.17) is 5.11 Å². The molecule has 2 unspecified atom stereocenters. The predicted octanol–water partition coefficient (Wildman–Crippen LogP) is 0.775. The van der Waals surface area contributed by atoms with Gasteiger partial charge in [0.1, 0.15) is 6.54 Å². The second kappa shape index (κ2) is 7.19. The Morgan fingerprint density at radius 2 is 2.05 bits per heavy atom. The van der Waals surface area contributed by atoms with Gasteiger partial charge in [-0.1, -0.05) is 37.3 Å². The van der Waals surface area contributed by atoms with Crippen molar-refractivity contribution in [2.24, 2.45) is 5.92 Å². The smallest absolute Gasteiger partial charge is 0.323 e. The normalized spacial score (nSPS) is 21.2. The van der Waals surface area contributed by atoms with Gasteiger partial charge in [0.15, 0.2) is 0 Å². The number of amides is 1. The van der Waals surface area contributed by atoms with Crippen molar-refractivity contribution in [2.45, 2.75) is 19.4 Å². The highest BCUT2D eigenvalue weighted by Gasteiger charge is 2.36. The van der Waals surface area contributed by atoms with Crippen LogP contribution < -0.4 is 10.9 Å². The topological polar surface area (TPSA) is 81.7 Å². The summed E-state index contributed by atoms with van der Waals surface area (Å²) in [5.74, 6) is -1.39. The summed E-state index contributed by atoms with van der Waals surface area (Å²) in [5, 5.41) is 8.96. The van der Waals surface area contributed by atoms with E-state index in [2.05, 4.69) is 10.9 Å². The van der Waals surface area contributed by atoms with Crippen LogP contribution in [-0.2, 0) is 9.59 Å². The third-order valence-electron chi connectivity index (χ3n) is 3.59. The molecule has 0 aromatic heterocycles. The molecular weight excluding hydrogens is 270 g/mol. The molecule has 1 fully saturated rings. The lowest BCUT2D eigenvalue weighted by molar-refractivity contribution is -0.146. The summed E-state index contributed by atoms with van der Waals surface area (Å²) in [6.45, 7) is 2.65. The maximum Gasteiger partial charge on any atom is 0.323 e. The number of nitrogens with one attached hydrogen (secondary N) is 2. The Labute approximate surface area is 124 Å². The number of carbonyl (C=O) groups is 2. The number of carboxylic acid groups (broad SMARTS) is 1. The Hall–Kier alpha value is -1.92. The number of hydrogen-bond acceptors (Lipinski definition) is 4. The highest BCUT2D eigenvalue weighted by molar-refractivity contribution is 5.84. The van der Waals surface area contributed by atoms with E-state index in [-0.39, 0.29) is 24.4 Å². The second-order valence-electron chi connectivity index (χ2n) is 5.17. The predicted molar refractivity (Wildman–Crippen MR) is 78.3 cm³/mol. The van der Waals surface area contributed by atoms with Crippen LogP contribution in [0.2, 0.25) is 0 Å². The third-order valence-corrected chi connectivity index (χ3v) is 3.59. The monoisotopic (exact) mass is 291 g/mol. The first-order chi connectivity index (χ1) is 10.1. The molecule has 21 heavy (non-hydrogen) atoms. The molecule has 0 spiro atoms. The standard InChI is InChI=1S/C15H21N3O3/c1-2-8-18(10-13(19)20)15(21)12-9-16-17-14(12)11-6-4-3-5-7-11/h3-7,12,14,16-17H,2,8-10H2,1H3,(H,19,20). The zero-order valence-electron chi connectivity index (χ0n) is 12.1. The van der Waals surface area contributed by atoms with Crippen LogP contribution in [0, 0.1) is 5.92 Å². The first-order valence-electron chi connectivity index (χ1n) is 7.17. The molecule has 2 atom stereocenters. The van der Waals surface area contributed by atoms with E-state index in [1.54, 1.807) is 0 Å². The quantitative estimate of drug-likeness (QED) is 0.721. The summed E-state index contributed by atoms with van der Waals surface area (Å²) in [6.07, 6.45) is 0.739. The molecule has 6 heteroatoms. The number of carboxylic acids is 1. The van der Waals surface area contributed by atoms with Crippen LogP contribution in [0.25, 0.3) is 0 Å². The molecule has 1 saturated heterocycles. The van der Waals surface area contributed by atoms with Crippen LogP contribution >= 0.6 is 0 Å². The highest BCUT2D eigenvalue weighted by atomic mass is 16.4. The minimum atomic E-state index is -0.980. The van der Waals surface area contributed by atoms with Crippen LogP contribution in [0.5, 0.6) is 0 Å². The summed E-state index contributed by atoms with van der Waals surface area (Å²) in [7, 11) is 0. The summed E-state index contributed by atoms with van der Waals surface area (Å²) in [4.78, 5) is 25.0. The van der Waals surface area contributed by atoms with E-state index in [1.165, 1.54) is 4.90 Å². The average molecular weight is 291 g/mol. The molecule has 6 nitrogen and oxygen atoms in total. The zero-order valence-corrected chi connectivity index (χ0v) is 12.1. The third kappa shape index (κ3) is 3.80. The van der Waals surface area contributed by atoms with Crippen molar-refractivity contribution >= 4 is 11.9 Å². The van der Waals surface area contributed by atoms with Crippen molar-refractivity contribution in [3.63, 3.8) is 0 Å². The van der Waals surface area contributed by atoms with Gasteiger partial charge >= 0.3 is 5.97 Å². The van der Waals surface area contributed by atoms with Crippen molar-refractivity contribution in [3.05, 3.63) is 35.9 Å². The van der Waals surface area contributed by atoms with Gasteiger partial charge < -0.3 is 10.0 Å². The van der Waals surface area contributed by atoms with E-state index < -0.39 is 5.97 Å². The lowest BCUT2D eigenvalue weighted by atomic mass is 9.93. The van der Waals surface area contributed by atoms with E-state index in [0.717, 1.165) is 12.0 Å². The van der Waals surface area contributed by atoms with Gasteiger partial charge in [-0.3, -0.25) is 15.0 Å². The fourth-order valence-corrected chi connectivity index (χ4v) is 2.64. The Morgan fingerprint density at radius 1 is 1.33 bits per heavy atom. The lowest BCUT2D eigenvalue weighted by Crippen LogP contribution is -2.42. The van der Waals surface area contributed by atoms with Gasteiger partial charge in [-0.25, -0.2) is 5.43 Å². The van der Waals surface area contributed by atoms with Crippen LogP contribution in [0.15, 0.2) is 30.3 Å². The Kier molecular flexibility index (Phi) is 5.30. The SMILES string of the molecule is CCCN(CC(=O)O)C(=O)C1CNNC1c1ccccc1. The van der Waals surface area contributed by atoms with Gasteiger partial charge in [-0.05, 0) is 12.0 Å².